The van der Waals surface area contributed by atoms with Gasteiger partial charge in [0, 0.05) is 44.6 Å². The zero-order chi connectivity index (χ0) is 17.6. The summed E-state index contributed by atoms with van der Waals surface area (Å²) in [6.45, 7) is 5.69. The fraction of sp³-hybridized carbons (Fsp3) is 0.579. The molecule has 0 atom stereocenters. The first kappa shape index (κ1) is 17.6. The van der Waals surface area contributed by atoms with Crippen LogP contribution >= 0.6 is 0 Å². The molecule has 6 heteroatoms. The lowest BCUT2D eigenvalue weighted by atomic mass is 10.1. The number of amides is 2. The number of carbonyl (C=O) groups excluding carboxylic acids is 2. The lowest BCUT2D eigenvalue weighted by molar-refractivity contribution is -0.132. The first-order valence-electron chi connectivity index (χ1n) is 9.15. The predicted octanol–water partition coefficient (Wildman–Crippen LogP) is 2.32. The van der Waals surface area contributed by atoms with Crippen LogP contribution in [0.5, 0.6) is 11.5 Å². The highest BCUT2D eigenvalue weighted by molar-refractivity contribution is 5.95. The van der Waals surface area contributed by atoms with E-state index in [0.29, 0.717) is 62.9 Å². The van der Waals surface area contributed by atoms with E-state index >= 15 is 0 Å². The van der Waals surface area contributed by atoms with Crippen molar-refractivity contribution in [3.63, 3.8) is 0 Å². The van der Waals surface area contributed by atoms with Gasteiger partial charge in [-0.2, -0.15) is 0 Å². The van der Waals surface area contributed by atoms with E-state index in [1.54, 1.807) is 18.2 Å². The van der Waals surface area contributed by atoms with Gasteiger partial charge in [-0.25, -0.2) is 0 Å². The number of ether oxygens (including phenoxy) is 2. The van der Waals surface area contributed by atoms with E-state index < -0.39 is 0 Å². The van der Waals surface area contributed by atoms with Gasteiger partial charge in [-0.05, 0) is 24.6 Å². The maximum absolute atomic E-state index is 12.7. The lowest BCUT2D eigenvalue weighted by Crippen LogP contribution is -2.50. The van der Waals surface area contributed by atoms with Crippen molar-refractivity contribution in [3.05, 3.63) is 23.8 Å². The molecular formula is C19H26N2O4. The Hall–Kier alpha value is -2.24. The summed E-state index contributed by atoms with van der Waals surface area (Å²) in [6, 6.07) is 5.36. The highest BCUT2D eigenvalue weighted by Crippen LogP contribution is 2.30. The zero-order valence-electron chi connectivity index (χ0n) is 14.8. The van der Waals surface area contributed by atoms with Crippen LogP contribution in [-0.4, -0.2) is 61.0 Å². The monoisotopic (exact) mass is 346 g/mol. The van der Waals surface area contributed by atoms with Gasteiger partial charge in [-0.15, -0.1) is 0 Å². The summed E-state index contributed by atoms with van der Waals surface area (Å²) in [7, 11) is 0. The molecule has 3 rings (SSSR count). The highest BCUT2D eigenvalue weighted by atomic mass is 16.5. The van der Waals surface area contributed by atoms with Crippen LogP contribution in [0.3, 0.4) is 0 Å². The van der Waals surface area contributed by atoms with Crippen LogP contribution in [0.25, 0.3) is 0 Å². The van der Waals surface area contributed by atoms with Crippen LogP contribution < -0.4 is 9.47 Å². The standard InChI is InChI=1S/C19H26N2O4/c1-2-3-5-18(22)20-8-10-21(11-9-20)19(23)15-6-7-16-17(14-15)25-13-4-12-24-16/h6-7,14H,2-5,8-13H2,1H3. The number of benzene rings is 1. The first-order valence-corrected chi connectivity index (χ1v) is 9.15. The van der Waals surface area contributed by atoms with Crippen molar-refractivity contribution in [1.29, 1.82) is 0 Å². The summed E-state index contributed by atoms with van der Waals surface area (Å²) in [6.07, 6.45) is 3.39. The Balaban J connectivity index is 1.59. The molecule has 0 N–H and O–H groups in total. The Morgan fingerprint density at radius 2 is 1.68 bits per heavy atom. The predicted molar refractivity (Wildman–Crippen MR) is 94.1 cm³/mol. The third-order valence-electron chi connectivity index (χ3n) is 4.66. The molecule has 0 radical (unpaired) electrons. The third kappa shape index (κ3) is 4.24. The smallest absolute Gasteiger partial charge is 0.254 e. The number of hydrogen-bond donors (Lipinski definition) is 0. The van der Waals surface area contributed by atoms with E-state index in [1.165, 1.54) is 0 Å². The van der Waals surface area contributed by atoms with Crippen molar-refractivity contribution in [2.45, 2.75) is 32.6 Å². The largest absolute Gasteiger partial charge is 0.490 e. The molecule has 1 saturated heterocycles. The van der Waals surface area contributed by atoms with E-state index in [4.69, 9.17) is 9.47 Å². The summed E-state index contributed by atoms with van der Waals surface area (Å²) in [5.41, 5.74) is 0.606. The summed E-state index contributed by atoms with van der Waals surface area (Å²) in [5, 5.41) is 0. The number of hydrogen-bond acceptors (Lipinski definition) is 4. The molecule has 1 fully saturated rings. The Morgan fingerprint density at radius 3 is 2.40 bits per heavy atom. The molecule has 0 aliphatic carbocycles. The number of fused-ring (bicyclic) bond motifs is 1. The molecule has 25 heavy (non-hydrogen) atoms. The van der Waals surface area contributed by atoms with Gasteiger partial charge in [0.05, 0.1) is 13.2 Å². The van der Waals surface area contributed by atoms with Crippen molar-refractivity contribution < 1.29 is 19.1 Å². The average Bonchev–Trinajstić information content (AvgIpc) is 2.90. The van der Waals surface area contributed by atoms with Gasteiger partial charge in [-0.3, -0.25) is 9.59 Å². The fourth-order valence-electron chi connectivity index (χ4n) is 3.12. The second-order valence-corrected chi connectivity index (χ2v) is 6.49. The second-order valence-electron chi connectivity index (χ2n) is 6.49. The lowest BCUT2D eigenvalue weighted by Gasteiger charge is -2.35. The second kappa shape index (κ2) is 8.23. The van der Waals surface area contributed by atoms with Crippen LogP contribution in [0.2, 0.25) is 0 Å². The molecule has 2 aliphatic heterocycles. The van der Waals surface area contributed by atoms with Crippen molar-refractivity contribution in [2.75, 3.05) is 39.4 Å². The number of nitrogens with zero attached hydrogens (tertiary/aromatic N) is 2. The Morgan fingerprint density at radius 1 is 1.00 bits per heavy atom. The molecule has 2 heterocycles. The van der Waals surface area contributed by atoms with E-state index in [2.05, 4.69) is 6.92 Å². The molecule has 0 saturated carbocycles. The Bertz CT molecular complexity index is 624. The van der Waals surface area contributed by atoms with Crippen LogP contribution in [0.15, 0.2) is 18.2 Å². The minimum absolute atomic E-state index is 0.0173. The summed E-state index contributed by atoms with van der Waals surface area (Å²) in [4.78, 5) is 28.5. The topological polar surface area (TPSA) is 59.1 Å². The molecule has 0 spiro atoms. The van der Waals surface area contributed by atoms with Crippen LogP contribution in [0.4, 0.5) is 0 Å². The van der Waals surface area contributed by atoms with E-state index in [1.807, 2.05) is 9.80 Å². The Labute approximate surface area is 148 Å². The molecule has 1 aromatic carbocycles. The summed E-state index contributed by atoms with van der Waals surface area (Å²) >= 11 is 0. The molecule has 2 amide bonds. The van der Waals surface area contributed by atoms with Crippen LogP contribution in [0.1, 0.15) is 43.0 Å². The number of carbonyl (C=O) groups is 2. The Kier molecular flexibility index (Phi) is 5.79. The first-order chi connectivity index (χ1) is 12.2. The van der Waals surface area contributed by atoms with Gasteiger partial charge >= 0.3 is 0 Å². The van der Waals surface area contributed by atoms with Crippen molar-refractivity contribution in [3.8, 4) is 11.5 Å². The maximum atomic E-state index is 12.7. The number of piperazine rings is 1. The van der Waals surface area contributed by atoms with Crippen molar-refractivity contribution in [1.82, 2.24) is 9.80 Å². The third-order valence-corrected chi connectivity index (χ3v) is 4.66. The van der Waals surface area contributed by atoms with Crippen LogP contribution in [0, 0.1) is 0 Å². The molecule has 1 aromatic rings. The van der Waals surface area contributed by atoms with Crippen molar-refractivity contribution in [2.24, 2.45) is 0 Å². The average molecular weight is 346 g/mol. The molecule has 0 aromatic heterocycles. The van der Waals surface area contributed by atoms with Gasteiger partial charge in [0.2, 0.25) is 5.91 Å². The van der Waals surface area contributed by atoms with Gasteiger partial charge in [0.15, 0.2) is 11.5 Å². The van der Waals surface area contributed by atoms with E-state index in [-0.39, 0.29) is 11.8 Å². The van der Waals surface area contributed by atoms with Crippen molar-refractivity contribution >= 4 is 11.8 Å². The van der Waals surface area contributed by atoms with E-state index in [9.17, 15) is 9.59 Å². The van der Waals surface area contributed by atoms with Crippen LogP contribution in [-0.2, 0) is 4.79 Å². The molecule has 6 nitrogen and oxygen atoms in total. The summed E-state index contributed by atoms with van der Waals surface area (Å²) in [5.74, 6) is 1.51. The maximum Gasteiger partial charge on any atom is 0.254 e. The van der Waals surface area contributed by atoms with Gasteiger partial charge in [0.1, 0.15) is 0 Å². The molecule has 2 aliphatic rings. The number of rotatable bonds is 4. The van der Waals surface area contributed by atoms with Gasteiger partial charge < -0.3 is 19.3 Å². The number of unbranched alkanes of at least 4 members (excludes halogenated alkanes) is 1. The fourth-order valence-corrected chi connectivity index (χ4v) is 3.12. The quantitative estimate of drug-likeness (QED) is 0.839. The summed E-state index contributed by atoms with van der Waals surface area (Å²) < 4.78 is 11.3. The molecule has 136 valence electrons. The van der Waals surface area contributed by atoms with E-state index in [0.717, 1.165) is 19.3 Å². The highest BCUT2D eigenvalue weighted by Gasteiger charge is 2.25. The van der Waals surface area contributed by atoms with Gasteiger partial charge in [0.25, 0.3) is 5.91 Å². The molecule has 0 bridgehead atoms. The molecular weight excluding hydrogens is 320 g/mol. The van der Waals surface area contributed by atoms with Gasteiger partial charge in [-0.1, -0.05) is 13.3 Å². The SMILES string of the molecule is CCCCC(=O)N1CCN(C(=O)c2ccc3c(c2)OCCCO3)CC1. The minimum Gasteiger partial charge on any atom is -0.490 e. The zero-order valence-corrected chi connectivity index (χ0v) is 14.8. The normalized spacial score (nSPS) is 17.2. The minimum atomic E-state index is -0.0173. The molecule has 0 unspecified atom stereocenters.